The predicted molar refractivity (Wildman–Crippen MR) is 105 cm³/mol. The summed E-state index contributed by atoms with van der Waals surface area (Å²) in [5, 5.41) is 2.75. The van der Waals surface area contributed by atoms with E-state index >= 15 is 0 Å². The predicted octanol–water partition coefficient (Wildman–Crippen LogP) is 3.52. The van der Waals surface area contributed by atoms with E-state index in [9.17, 15) is 13.2 Å². The van der Waals surface area contributed by atoms with Crippen molar-refractivity contribution in [3.05, 3.63) is 34.3 Å². The Kier molecular flexibility index (Phi) is 7.10. The summed E-state index contributed by atoms with van der Waals surface area (Å²) in [4.78, 5) is 11.8. The zero-order valence-electron chi connectivity index (χ0n) is 15.5. The summed E-state index contributed by atoms with van der Waals surface area (Å²) in [5.41, 5.74) is 0.221. The number of nitrogens with one attached hydrogen (secondary N) is 1. The third-order valence-corrected chi connectivity index (χ3v) is 6.42. The van der Waals surface area contributed by atoms with Crippen LogP contribution in [0.25, 0.3) is 0 Å². The minimum absolute atomic E-state index is 0.00745. The van der Waals surface area contributed by atoms with Crippen molar-refractivity contribution in [3.63, 3.8) is 0 Å². The van der Waals surface area contributed by atoms with Gasteiger partial charge in [-0.1, -0.05) is 28.1 Å². The summed E-state index contributed by atoms with van der Waals surface area (Å²) in [6, 6.07) is 7.31. The van der Waals surface area contributed by atoms with E-state index in [1.54, 1.807) is 4.31 Å². The molecule has 0 aliphatic carbocycles. The lowest BCUT2D eigenvalue weighted by Crippen LogP contribution is -2.44. The highest BCUT2D eigenvalue weighted by molar-refractivity contribution is 9.10. The molecule has 1 aliphatic heterocycles. The molecule has 0 spiro atoms. The van der Waals surface area contributed by atoms with Crippen molar-refractivity contribution >= 4 is 32.0 Å². The van der Waals surface area contributed by atoms with Crippen LogP contribution in [0.3, 0.4) is 0 Å². The maximum atomic E-state index is 12.7. The van der Waals surface area contributed by atoms with Crippen molar-refractivity contribution in [2.45, 2.75) is 45.0 Å². The number of rotatable bonds is 5. The molecule has 0 unspecified atom stereocenters. The fraction of sp³-hybridized carbons (Fsp3) is 0.611. The normalized spacial score (nSPS) is 19.2. The Morgan fingerprint density at radius 3 is 2.58 bits per heavy atom. The lowest BCUT2D eigenvalue weighted by atomic mass is 10.00. The summed E-state index contributed by atoms with van der Waals surface area (Å²) in [6.45, 7) is 6.80. The molecule has 1 atom stereocenters. The maximum absolute atomic E-state index is 12.7. The van der Waals surface area contributed by atoms with E-state index in [0.29, 0.717) is 19.6 Å². The summed E-state index contributed by atoms with van der Waals surface area (Å²) in [6.07, 6.45) is 1.22. The van der Waals surface area contributed by atoms with E-state index < -0.39 is 21.7 Å². The molecular formula is C18H27BrN2O4S. The molecule has 2 rings (SSSR count). The van der Waals surface area contributed by atoms with Crippen LogP contribution in [-0.2, 0) is 20.5 Å². The molecule has 1 fully saturated rings. The van der Waals surface area contributed by atoms with Crippen molar-refractivity contribution in [1.29, 1.82) is 0 Å². The minimum Gasteiger partial charge on any atom is -0.444 e. The second kappa shape index (κ2) is 8.71. The Labute approximate surface area is 164 Å². The van der Waals surface area contributed by atoms with Gasteiger partial charge in [0.25, 0.3) is 0 Å². The molecule has 0 radical (unpaired) electrons. The van der Waals surface area contributed by atoms with Gasteiger partial charge in [-0.3, -0.25) is 0 Å². The second-order valence-corrected chi connectivity index (χ2v) is 10.5. The Morgan fingerprint density at radius 1 is 1.31 bits per heavy atom. The first-order valence-corrected chi connectivity index (χ1v) is 11.1. The van der Waals surface area contributed by atoms with Crippen LogP contribution in [0, 0.1) is 5.92 Å². The van der Waals surface area contributed by atoms with Gasteiger partial charge in [-0.15, -0.1) is 0 Å². The third-order valence-electron chi connectivity index (χ3n) is 4.07. The molecule has 1 N–H and O–H groups in total. The first-order valence-electron chi connectivity index (χ1n) is 8.74. The Bertz CT molecular complexity index is 714. The number of ether oxygens (including phenoxy) is 1. The van der Waals surface area contributed by atoms with Crippen LogP contribution in [-0.4, -0.2) is 44.1 Å². The monoisotopic (exact) mass is 446 g/mol. The molecule has 1 aliphatic rings. The topological polar surface area (TPSA) is 75.7 Å². The number of amides is 1. The second-order valence-electron chi connectivity index (χ2n) is 7.63. The number of hydrogen-bond donors (Lipinski definition) is 1. The molecule has 1 heterocycles. The van der Waals surface area contributed by atoms with Crippen molar-refractivity contribution in [2.75, 3.05) is 19.6 Å². The largest absolute Gasteiger partial charge is 0.444 e. The highest BCUT2D eigenvalue weighted by Crippen LogP contribution is 2.22. The van der Waals surface area contributed by atoms with Crippen LogP contribution in [0.15, 0.2) is 28.7 Å². The van der Waals surface area contributed by atoms with Gasteiger partial charge in [-0.2, -0.15) is 0 Å². The molecule has 8 heteroatoms. The molecule has 146 valence electrons. The van der Waals surface area contributed by atoms with Crippen molar-refractivity contribution in [3.8, 4) is 0 Å². The van der Waals surface area contributed by atoms with Gasteiger partial charge in [-0.05, 0) is 57.2 Å². The molecule has 0 saturated carbocycles. The van der Waals surface area contributed by atoms with Crippen LogP contribution < -0.4 is 5.32 Å². The Morgan fingerprint density at radius 2 is 1.96 bits per heavy atom. The Hall–Kier alpha value is -1.12. The zero-order chi connectivity index (χ0) is 19.4. The molecule has 0 bridgehead atoms. The zero-order valence-corrected chi connectivity index (χ0v) is 17.9. The highest BCUT2D eigenvalue weighted by Gasteiger charge is 2.29. The lowest BCUT2D eigenvalue weighted by Gasteiger charge is -2.32. The number of halogens is 1. The molecule has 0 aromatic heterocycles. The first kappa shape index (κ1) is 21.2. The number of nitrogens with zero attached hydrogens (tertiary/aromatic N) is 1. The van der Waals surface area contributed by atoms with Crippen LogP contribution >= 0.6 is 15.9 Å². The van der Waals surface area contributed by atoms with E-state index in [-0.39, 0.29) is 11.7 Å². The van der Waals surface area contributed by atoms with Gasteiger partial charge in [0.05, 0.1) is 5.75 Å². The smallest absolute Gasteiger partial charge is 0.407 e. The SMILES string of the molecule is CC(C)(C)OC(=O)NC[C@H]1CCCN(S(=O)(=O)Cc2ccc(Br)cc2)C1. The Balaban J connectivity index is 1.90. The number of benzene rings is 1. The third kappa shape index (κ3) is 6.89. The first-order chi connectivity index (χ1) is 12.0. The molecular weight excluding hydrogens is 420 g/mol. The summed E-state index contributed by atoms with van der Waals surface area (Å²) in [5.74, 6) is 0.0860. The fourth-order valence-corrected chi connectivity index (χ4v) is 4.78. The van der Waals surface area contributed by atoms with E-state index in [1.807, 2.05) is 45.0 Å². The fourth-order valence-electron chi connectivity index (χ4n) is 2.87. The van der Waals surface area contributed by atoms with Gasteiger partial charge in [0.2, 0.25) is 10.0 Å². The lowest BCUT2D eigenvalue weighted by molar-refractivity contribution is 0.0513. The number of hydrogen-bond acceptors (Lipinski definition) is 4. The molecule has 1 saturated heterocycles. The van der Waals surface area contributed by atoms with Gasteiger partial charge in [0, 0.05) is 24.1 Å². The van der Waals surface area contributed by atoms with Gasteiger partial charge in [0.1, 0.15) is 5.60 Å². The number of carbonyl (C=O) groups excluding carboxylic acids is 1. The van der Waals surface area contributed by atoms with Crippen molar-refractivity contribution in [2.24, 2.45) is 5.92 Å². The highest BCUT2D eigenvalue weighted by atomic mass is 79.9. The van der Waals surface area contributed by atoms with Crippen LogP contribution in [0.4, 0.5) is 4.79 Å². The quantitative estimate of drug-likeness (QED) is 0.750. The van der Waals surface area contributed by atoms with Crippen LogP contribution in [0.1, 0.15) is 39.2 Å². The van der Waals surface area contributed by atoms with Crippen molar-refractivity contribution in [1.82, 2.24) is 9.62 Å². The van der Waals surface area contributed by atoms with Crippen LogP contribution in [0.2, 0.25) is 0 Å². The minimum atomic E-state index is -3.38. The summed E-state index contributed by atoms with van der Waals surface area (Å²) in [7, 11) is -3.38. The van der Waals surface area contributed by atoms with E-state index in [2.05, 4.69) is 21.2 Å². The van der Waals surface area contributed by atoms with E-state index in [4.69, 9.17) is 4.74 Å². The average Bonchev–Trinajstić information content (AvgIpc) is 2.54. The molecule has 6 nitrogen and oxygen atoms in total. The van der Waals surface area contributed by atoms with Gasteiger partial charge < -0.3 is 10.1 Å². The van der Waals surface area contributed by atoms with Gasteiger partial charge >= 0.3 is 6.09 Å². The standard InChI is InChI=1S/C18H27BrN2O4S/c1-18(2,3)25-17(22)20-11-15-5-4-10-21(12-15)26(23,24)13-14-6-8-16(19)9-7-14/h6-9,15H,4-5,10-13H2,1-3H3,(H,20,22)/t15-/m1/s1. The summed E-state index contributed by atoms with van der Waals surface area (Å²) >= 11 is 3.35. The molecule has 1 amide bonds. The molecule has 26 heavy (non-hydrogen) atoms. The van der Waals surface area contributed by atoms with E-state index in [0.717, 1.165) is 22.9 Å². The number of carbonyl (C=O) groups is 1. The number of alkyl carbamates (subject to hydrolysis) is 1. The molecule has 1 aromatic carbocycles. The average molecular weight is 447 g/mol. The number of piperidine rings is 1. The summed E-state index contributed by atoms with van der Waals surface area (Å²) < 4.78 is 33.1. The number of sulfonamides is 1. The van der Waals surface area contributed by atoms with Gasteiger partial charge in [-0.25, -0.2) is 17.5 Å². The van der Waals surface area contributed by atoms with Gasteiger partial charge in [0.15, 0.2) is 0 Å². The van der Waals surface area contributed by atoms with Crippen molar-refractivity contribution < 1.29 is 17.9 Å². The molecule has 1 aromatic rings. The van der Waals surface area contributed by atoms with Crippen LogP contribution in [0.5, 0.6) is 0 Å². The maximum Gasteiger partial charge on any atom is 0.407 e. The van der Waals surface area contributed by atoms with E-state index in [1.165, 1.54) is 0 Å².